The number of nitrogens with one attached hydrogen (secondary N) is 1. The molecular weight excluding hydrogens is 259 g/mol. The van der Waals surface area contributed by atoms with Gasteiger partial charge in [0, 0.05) is 4.90 Å². The third-order valence-electron chi connectivity index (χ3n) is 3.31. The zero-order valence-electron chi connectivity index (χ0n) is 10.5. The van der Waals surface area contributed by atoms with Gasteiger partial charge in [0.15, 0.2) is 0 Å². The number of hydrogen-bond donors (Lipinski definition) is 1. The van der Waals surface area contributed by atoms with Crippen LogP contribution in [-0.2, 0) is 12.8 Å². The number of aromatic nitrogens is 1. The van der Waals surface area contributed by atoms with Gasteiger partial charge in [-0.05, 0) is 73.0 Å². The summed E-state index contributed by atoms with van der Waals surface area (Å²) in [7, 11) is 0. The lowest BCUT2D eigenvalue weighted by Gasteiger charge is -2.16. The lowest BCUT2D eigenvalue weighted by atomic mass is 9.92. The topological polar surface area (TPSA) is 24.9 Å². The van der Waals surface area contributed by atoms with Crippen molar-refractivity contribution in [2.24, 2.45) is 0 Å². The summed E-state index contributed by atoms with van der Waals surface area (Å²) in [6.45, 7) is 0. The van der Waals surface area contributed by atoms with Gasteiger partial charge in [0.1, 0.15) is 5.82 Å². The van der Waals surface area contributed by atoms with Crippen LogP contribution in [0.4, 0.5) is 10.2 Å². The molecule has 1 aromatic carbocycles. The van der Waals surface area contributed by atoms with Gasteiger partial charge in [0.25, 0.3) is 0 Å². The van der Waals surface area contributed by atoms with E-state index in [1.165, 1.54) is 54.8 Å². The van der Waals surface area contributed by atoms with E-state index in [4.69, 9.17) is 0 Å². The van der Waals surface area contributed by atoms with E-state index in [1.807, 2.05) is 0 Å². The first-order valence-electron chi connectivity index (χ1n) is 6.48. The smallest absolute Gasteiger partial charge is 0.214 e. The van der Waals surface area contributed by atoms with Crippen molar-refractivity contribution in [2.75, 3.05) is 4.72 Å². The summed E-state index contributed by atoms with van der Waals surface area (Å²) in [6, 6.07) is 11.3. The maximum Gasteiger partial charge on any atom is 0.214 e. The van der Waals surface area contributed by atoms with Crippen LogP contribution in [0, 0.1) is 5.95 Å². The summed E-state index contributed by atoms with van der Waals surface area (Å²) in [6.07, 6.45) is 4.94. The fourth-order valence-corrected chi connectivity index (χ4v) is 3.02. The number of hydrogen-bond acceptors (Lipinski definition) is 3. The molecule has 0 spiro atoms. The Morgan fingerprint density at radius 2 is 1.89 bits per heavy atom. The lowest BCUT2D eigenvalue weighted by Crippen LogP contribution is -2.02. The molecule has 0 bridgehead atoms. The third-order valence-corrected chi connectivity index (χ3v) is 4.11. The highest BCUT2D eigenvalue weighted by Gasteiger charge is 2.09. The summed E-state index contributed by atoms with van der Waals surface area (Å²) in [5, 5.41) is 0. The Bertz CT molecular complexity index is 586. The SMILES string of the molecule is Fc1cccc(NSc2ccc3c(c2)CCCC3)n1. The molecule has 1 aromatic heterocycles. The monoisotopic (exact) mass is 274 g/mol. The number of halogens is 1. The van der Waals surface area contributed by atoms with E-state index in [9.17, 15) is 4.39 Å². The predicted octanol–water partition coefficient (Wildman–Crippen LogP) is 4.22. The highest BCUT2D eigenvalue weighted by molar-refractivity contribution is 8.00. The van der Waals surface area contributed by atoms with Gasteiger partial charge in [-0.1, -0.05) is 12.1 Å². The van der Waals surface area contributed by atoms with Crippen molar-refractivity contribution in [1.29, 1.82) is 0 Å². The molecule has 0 saturated carbocycles. The van der Waals surface area contributed by atoms with Crippen molar-refractivity contribution in [3.8, 4) is 0 Å². The molecule has 2 nitrogen and oxygen atoms in total. The van der Waals surface area contributed by atoms with Crippen LogP contribution in [0.3, 0.4) is 0 Å². The van der Waals surface area contributed by atoms with Gasteiger partial charge < -0.3 is 4.72 Å². The predicted molar refractivity (Wildman–Crippen MR) is 76.8 cm³/mol. The van der Waals surface area contributed by atoms with Gasteiger partial charge in [-0.15, -0.1) is 0 Å². The van der Waals surface area contributed by atoms with E-state index in [1.54, 1.807) is 12.1 Å². The van der Waals surface area contributed by atoms with Crippen LogP contribution in [0.15, 0.2) is 41.3 Å². The zero-order chi connectivity index (χ0) is 13.1. The molecule has 3 rings (SSSR count). The molecule has 0 radical (unpaired) electrons. The normalized spacial score (nSPS) is 13.9. The van der Waals surface area contributed by atoms with Crippen molar-refractivity contribution in [3.63, 3.8) is 0 Å². The maximum atomic E-state index is 13.0. The third kappa shape index (κ3) is 3.07. The highest BCUT2D eigenvalue weighted by atomic mass is 32.2. The van der Waals surface area contributed by atoms with Gasteiger partial charge in [0.05, 0.1) is 0 Å². The second kappa shape index (κ2) is 5.61. The summed E-state index contributed by atoms with van der Waals surface area (Å²) in [5.74, 6) is 0.0822. The van der Waals surface area contributed by atoms with Crippen molar-refractivity contribution in [3.05, 3.63) is 53.5 Å². The molecule has 0 saturated heterocycles. The summed E-state index contributed by atoms with van der Waals surface area (Å²) in [5.41, 5.74) is 2.92. The standard InChI is InChI=1S/C15H15FN2S/c16-14-6-3-7-15(17-14)18-19-13-9-8-11-4-1-2-5-12(11)10-13/h3,6-10H,1-2,4-5H2,(H,17,18). The number of anilines is 1. The Morgan fingerprint density at radius 1 is 1.05 bits per heavy atom. The highest BCUT2D eigenvalue weighted by Crippen LogP contribution is 2.27. The largest absolute Gasteiger partial charge is 0.310 e. The van der Waals surface area contributed by atoms with E-state index in [-0.39, 0.29) is 0 Å². The molecule has 4 heteroatoms. The number of aryl methyl sites for hydroxylation is 2. The quantitative estimate of drug-likeness (QED) is 0.670. The van der Waals surface area contributed by atoms with E-state index in [0.717, 1.165) is 4.90 Å². The van der Waals surface area contributed by atoms with Crippen LogP contribution in [-0.4, -0.2) is 4.98 Å². The minimum atomic E-state index is -0.462. The number of nitrogens with zero attached hydrogens (tertiary/aromatic N) is 1. The molecule has 0 fully saturated rings. The number of benzene rings is 1. The fourth-order valence-electron chi connectivity index (χ4n) is 2.35. The van der Waals surface area contributed by atoms with Crippen molar-refractivity contribution < 1.29 is 4.39 Å². The molecular formula is C15H15FN2S. The van der Waals surface area contributed by atoms with Crippen LogP contribution in [0.25, 0.3) is 0 Å². The molecule has 0 atom stereocenters. The summed E-state index contributed by atoms with van der Waals surface area (Å²) >= 11 is 1.48. The molecule has 1 N–H and O–H groups in total. The molecule has 1 heterocycles. The summed E-state index contributed by atoms with van der Waals surface area (Å²) < 4.78 is 16.0. The van der Waals surface area contributed by atoms with Gasteiger partial charge >= 0.3 is 0 Å². The van der Waals surface area contributed by atoms with Crippen LogP contribution >= 0.6 is 11.9 Å². The second-order valence-corrected chi connectivity index (χ2v) is 5.57. The van der Waals surface area contributed by atoms with Crippen molar-refractivity contribution in [1.82, 2.24) is 4.98 Å². The van der Waals surface area contributed by atoms with Crippen LogP contribution < -0.4 is 4.72 Å². The molecule has 19 heavy (non-hydrogen) atoms. The molecule has 1 aliphatic rings. The Kier molecular flexibility index (Phi) is 3.69. The van der Waals surface area contributed by atoms with Gasteiger partial charge in [0.2, 0.25) is 5.95 Å². The second-order valence-electron chi connectivity index (χ2n) is 4.69. The van der Waals surface area contributed by atoms with Crippen LogP contribution in [0.1, 0.15) is 24.0 Å². The number of fused-ring (bicyclic) bond motifs is 1. The minimum Gasteiger partial charge on any atom is -0.310 e. The van der Waals surface area contributed by atoms with E-state index >= 15 is 0 Å². The molecule has 0 unspecified atom stereocenters. The fraction of sp³-hybridized carbons (Fsp3) is 0.267. The van der Waals surface area contributed by atoms with Crippen LogP contribution in [0.5, 0.6) is 0 Å². The Balaban J connectivity index is 1.70. The Labute approximate surface area is 116 Å². The molecule has 0 amide bonds. The molecule has 98 valence electrons. The zero-order valence-corrected chi connectivity index (χ0v) is 11.3. The summed E-state index contributed by atoms with van der Waals surface area (Å²) in [4.78, 5) is 4.92. The van der Waals surface area contributed by atoms with Crippen LogP contribution in [0.2, 0.25) is 0 Å². The van der Waals surface area contributed by atoms with Crippen molar-refractivity contribution >= 4 is 17.8 Å². The first-order chi connectivity index (χ1) is 9.31. The molecule has 1 aliphatic carbocycles. The average molecular weight is 274 g/mol. The first kappa shape index (κ1) is 12.5. The average Bonchev–Trinajstić information content (AvgIpc) is 2.45. The number of rotatable bonds is 3. The molecule has 2 aromatic rings. The number of pyridine rings is 1. The van der Waals surface area contributed by atoms with Gasteiger partial charge in [-0.2, -0.15) is 4.39 Å². The molecule has 0 aliphatic heterocycles. The van der Waals surface area contributed by atoms with Gasteiger partial charge in [-0.3, -0.25) is 0 Å². The Morgan fingerprint density at radius 3 is 2.74 bits per heavy atom. The van der Waals surface area contributed by atoms with E-state index < -0.39 is 5.95 Å². The minimum absolute atomic E-state index is 0.462. The van der Waals surface area contributed by atoms with E-state index in [0.29, 0.717) is 5.82 Å². The van der Waals surface area contributed by atoms with E-state index in [2.05, 4.69) is 27.9 Å². The van der Waals surface area contributed by atoms with Crippen molar-refractivity contribution in [2.45, 2.75) is 30.6 Å². The Hall–Kier alpha value is -1.55. The maximum absolute atomic E-state index is 13.0. The first-order valence-corrected chi connectivity index (χ1v) is 7.30. The van der Waals surface area contributed by atoms with Gasteiger partial charge in [-0.25, -0.2) is 4.98 Å². The lowest BCUT2D eigenvalue weighted by molar-refractivity contribution is 0.586.